The van der Waals surface area contributed by atoms with Gasteiger partial charge in [0, 0.05) is 17.4 Å². The van der Waals surface area contributed by atoms with E-state index in [1.54, 1.807) is 6.26 Å². The molecule has 2 aromatic heterocycles. The third-order valence-corrected chi connectivity index (χ3v) is 3.98. The number of aryl methyl sites for hydroxylation is 2. The van der Waals surface area contributed by atoms with Gasteiger partial charge in [-0.1, -0.05) is 13.8 Å². The lowest BCUT2D eigenvalue weighted by Crippen LogP contribution is -2.21. The van der Waals surface area contributed by atoms with Crippen LogP contribution in [-0.4, -0.2) is 22.6 Å². The third kappa shape index (κ3) is 3.32. The van der Waals surface area contributed by atoms with Gasteiger partial charge in [0.2, 0.25) is 0 Å². The third-order valence-electron chi connectivity index (χ3n) is 3.98. The Hall–Kier alpha value is -1.68. The van der Waals surface area contributed by atoms with Gasteiger partial charge in [-0.25, -0.2) is 9.97 Å². The van der Waals surface area contributed by atoms with Crippen molar-refractivity contribution in [3.8, 4) is 11.6 Å². The zero-order valence-electron chi connectivity index (χ0n) is 12.9. The summed E-state index contributed by atoms with van der Waals surface area (Å²) < 4.78 is 5.44. The number of hydrogen-bond acceptors (Lipinski definition) is 4. The van der Waals surface area contributed by atoms with Crippen molar-refractivity contribution in [1.82, 2.24) is 15.3 Å². The summed E-state index contributed by atoms with van der Waals surface area (Å²) in [7, 11) is 0. The molecule has 21 heavy (non-hydrogen) atoms. The van der Waals surface area contributed by atoms with E-state index in [9.17, 15) is 0 Å². The molecule has 0 aliphatic heterocycles. The molecule has 0 bridgehead atoms. The standard InChI is InChI=1S/C17H23N3O/c1-3-14-13(9-10-18-12-7-8-12)15(4-2)20-17(19-14)16-6-5-11-21-16/h5-6,11-12,18H,3-4,7-10H2,1-2H3. The van der Waals surface area contributed by atoms with Gasteiger partial charge in [-0.15, -0.1) is 0 Å². The van der Waals surface area contributed by atoms with E-state index in [0.29, 0.717) is 5.82 Å². The van der Waals surface area contributed by atoms with Crippen molar-refractivity contribution in [3.63, 3.8) is 0 Å². The van der Waals surface area contributed by atoms with E-state index in [4.69, 9.17) is 14.4 Å². The largest absolute Gasteiger partial charge is 0.461 e. The van der Waals surface area contributed by atoms with Gasteiger partial charge in [0.1, 0.15) is 0 Å². The minimum atomic E-state index is 0.715. The quantitative estimate of drug-likeness (QED) is 0.849. The molecule has 0 aromatic carbocycles. The predicted molar refractivity (Wildman–Crippen MR) is 83.2 cm³/mol. The summed E-state index contributed by atoms with van der Waals surface area (Å²) in [5.41, 5.74) is 3.64. The molecule has 1 saturated carbocycles. The molecule has 0 radical (unpaired) electrons. The summed E-state index contributed by atoms with van der Waals surface area (Å²) in [6, 6.07) is 4.55. The molecular formula is C17H23N3O. The molecule has 4 heteroatoms. The zero-order chi connectivity index (χ0) is 14.7. The molecule has 0 saturated heterocycles. The highest BCUT2D eigenvalue weighted by atomic mass is 16.3. The van der Waals surface area contributed by atoms with Crippen molar-refractivity contribution < 1.29 is 4.42 Å². The fourth-order valence-electron chi connectivity index (χ4n) is 2.66. The van der Waals surface area contributed by atoms with Gasteiger partial charge in [0.25, 0.3) is 0 Å². The fraction of sp³-hybridized carbons (Fsp3) is 0.529. The molecule has 0 spiro atoms. The van der Waals surface area contributed by atoms with E-state index in [0.717, 1.165) is 49.0 Å². The highest BCUT2D eigenvalue weighted by Gasteiger charge is 2.20. The number of rotatable bonds is 7. The number of nitrogens with zero attached hydrogens (tertiary/aromatic N) is 2. The Morgan fingerprint density at radius 2 is 1.90 bits per heavy atom. The first-order valence-electron chi connectivity index (χ1n) is 7.97. The van der Waals surface area contributed by atoms with Crippen molar-refractivity contribution in [2.45, 2.75) is 52.0 Å². The minimum absolute atomic E-state index is 0.715. The normalized spacial score (nSPS) is 14.6. The van der Waals surface area contributed by atoms with Crippen LogP contribution in [0.4, 0.5) is 0 Å². The number of furan rings is 1. The smallest absolute Gasteiger partial charge is 0.196 e. The summed E-state index contributed by atoms with van der Waals surface area (Å²) in [5.74, 6) is 1.47. The van der Waals surface area contributed by atoms with Crippen molar-refractivity contribution in [2.24, 2.45) is 0 Å². The molecule has 2 heterocycles. The average molecular weight is 285 g/mol. The van der Waals surface area contributed by atoms with Gasteiger partial charge in [-0.3, -0.25) is 0 Å². The van der Waals surface area contributed by atoms with Crippen molar-refractivity contribution >= 4 is 0 Å². The molecule has 112 valence electrons. The van der Waals surface area contributed by atoms with E-state index in [2.05, 4.69) is 19.2 Å². The molecule has 1 aliphatic rings. The van der Waals surface area contributed by atoms with Crippen LogP contribution in [0.1, 0.15) is 43.6 Å². The second-order valence-electron chi connectivity index (χ2n) is 5.58. The van der Waals surface area contributed by atoms with Crippen LogP contribution in [-0.2, 0) is 19.3 Å². The van der Waals surface area contributed by atoms with Gasteiger partial charge < -0.3 is 9.73 Å². The summed E-state index contributed by atoms with van der Waals surface area (Å²) >= 11 is 0. The Morgan fingerprint density at radius 1 is 1.19 bits per heavy atom. The summed E-state index contributed by atoms with van der Waals surface area (Å²) in [6.45, 7) is 5.34. The first-order chi connectivity index (χ1) is 10.3. The molecule has 1 aliphatic carbocycles. The molecule has 0 unspecified atom stereocenters. The predicted octanol–water partition coefficient (Wildman–Crippen LogP) is 3.16. The second-order valence-corrected chi connectivity index (χ2v) is 5.58. The van der Waals surface area contributed by atoms with Crippen LogP contribution in [0.2, 0.25) is 0 Å². The minimum Gasteiger partial charge on any atom is -0.461 e. The Morgan fingerprint density at radius 3 is 2.43 bits per heavy atom. The van der Waals surface area contributed by atoms with Crippen LogP contribution in [0.3, 0.4) is 0 Å². The number of aromatic nitrogens is 2. The van der Waals surface area contributed by atoms with E-state index in [1.807, 2.05) is 12.1 Å². The van der Waals surface area contributed by atoms with Crippen molar-refractivity contribution in [3.05, 3.63) is 35.3 Å². The lowest BCUT2D eigenvalue weighted by atomic mass is 10.0. The second kappa shape index (κ2) is 6.39. The number of hydrogen-bond donors (Lipinski definition) is 1. The highest BCUT2D eigenvalue weighted by molar-refractivity contribution is 5.48. The van der Waals surface area contributed by atoms with Crippen LogP contribution in [0.15, 0.2) is 22.8 Å². The fourth-order valence-corrected chi connectivity index (χ4v) is 2.66. The molecular weight excluding hydrogens is 262 g/mol. The Bertz CT molecular complexity index is 563. The van der Waals surface area contributed by atoms with E-state index in [1.165, 1.54) is 18.4 Å². The summed E-state index contributed by atoms with van der Waals surface area (Å²) in [5, 5.41) is 3.58. The molecule has 4 nitrogen and oxygen atoms in total. The summed E-state index contributed by atoms with van der Waals surface area (Å²) in [4.78, 5) is 9.45. The van der Waals surface area contributed by atoms with Gasteiger partial charge in [-0.05, 0) is 56.3 Å². The summed E-state index contributed by atoms with van der Waals surface area (Å²) in [6.07, 6.45) is 7.21. The van der Waals surface area contributed by atoms with E-state index < -0.39 is 0 Å². The maximum absolute atomic E-state index is 5.44. The Balaban J connectivity index is 1.86. The molecule has 1 fully saturated rings. The average Bonchev–Trinajstić information content (AvgIpc) is 3.17. The van der Waals surface area contributed by atoms with Gasteiger partial charge in [-0.2, -0.15) is 0 Å². The van der Waals surface area contributed by atoms with Crippen LogP contribution in [0, 0.1) is 0 Å². The van der Waals surface area contributed by atoms with Crippen molar-refractivity contribution in [2.75, 3.05) is 6.54 Å². The Labute approximate surface area is 126 Å². The molecule has 3 rings (SSSR count). The zero-order valence-corrected chi connectivity index (χ0v) is 12.9. The van der Waals surface area contributed by atoms with Crippen LogP contribution in [0.5, 0.6) is 0 Å². The van der Waals surface area contributed by atoms with Gasteiger partial charge in [0.15, 0.2) is 11.6 Å². The van der Waals surface area contributed by atoms with Gasteiger partial charge in [0.05, 0.1) is 6.26 Å². The Kier molecular flexibility index (Phi) is 4.34. The van der Waals surface area contributed by atoms with Crippen LogP contribution >= 0.6 is 0 Å². The maximum Gasteiger partial charge on any atom is 0.196 e. The maximum atomic E-state index is 5.44. The topological polar surface area (TPSA) is 51.0 Å². The van der Waals surface area contributed by atoms with Crippen molar-refractivity contribution in [1.29, 1.82) is 0 Å². The molecule has 2 aromatic rings. The molecule has 0 amide bonds. The van der Waals surface area contributed by atoms with Gasteiger partial charge >= 0.3 is 0 Å². The first kappa shape index (κ1) is 14.3. The number of nitrogens with one attached hydrogen (secondary N) is 1. The van der Waals surface area contributed by atoms with Crippen LogP contribution in [0.25, 0.3) is 11.6 Å². The van der Waals surface area contributed by atoms with E-state index in [-0.39, 0.29) is 0 Å². The first-order valence-corrected chi connectivity index (χ1v) is 7.97. The lowest BCUT2D eigenvalue weighted by Gasteiger charge is -2.13. The van der Waals surface area contributed by atoms with E-state index >= 15 is 0 Å². The lowest BCUT2D eigenvalue weighted by molar-refractivity contribution is 0.575. The molecule has 0 atom stereocenters. The molecule has 1 N–H and O–H groups in total. The SMILES string of the molecule is CCc1nc(-c2ccco2)nc(CC)c1CCNC1CC1. The van der Waals surface area contributed by atoms with Crippen LogP contribution < -0.4 is 5.32 Å². The monoisotopic (exact) mass is 285 g/mol. The highest BCUT2D eigenvalue weighted by Crippen LogP contribution is 2.22.